The molecule has 0 N–H and O–H groups in total. The van der Waals surface area contributed by atoms with E-state index in [4.69, 9.17) is 9.47 Å². The van der Waals surface area contributed by atoms with Gasteiger partial charge in [-0.05, 0) is 36.4 Å². The molecule has 6 nitrogen and oxygen atoms in total. The molecule has 130 valence electrons. The fourth-order valence-electron chi connectivity index (χ4n) is 2.59. The molecule has 0 saturated heterocycles. The summed E-state index contributed by atoms with van der Waals surface area (Å²) in [5.74, 6) is 1.52. The number of aromatic nitrogens is 3. The van der Waals surface area contributed by atoms with Gasteiger partial charge in [0.1, 0.15) is 29.5 Å². The van der Waals surface area contributed by atoms with E-state index >= 15 is 0 Å². The Morgan fingerprint density at radius 3 is 2.54 bits per heavy atom. The van der Waals surface area contributed by atoms with Gasteiger partial charge in [-0.15, -0.1) is 0 Å². The van der Waals surface area contributed by atoms with Crippen molar-refractivity contribution in [2.24, 2.45) is 0 Å². The summed E-state index contributed by atoms with van der Waals surface area (Å²) in [6, 6.07) is 16.9. The average Bonchev–Trinajstić information content (AvgIpc) is 3.24. The van der Waals surface area contributed by atoms with Gasteiger partial charge in [-0.1, -0.05) is 29.5 Å². The lowest BCUT2D eigenvalue weighted by Gasteiger charge is -2.03. The molecular weight excluding hydrogens is 350 g/mol. The largest absolute Gasteiger partial charge is 0.497 e. The first-order chi connectivity index (χ1) is 12.8. The molecule has 2 heterocycles. The Labute approximate surface area is 153 Å². The summed E-state index contributed by atoms with van der Waals surface area (Å²) in [6.07, 6.45) is 0.779. The number of carbonyl (C=O) groups excluding carboxylic acids is 1. The van der Waals surface area contributed by atoms with Crippen LogP contribution in [0.3, 0.4) is 0 Å². The highest BCUT2D eigenvalue weighted by atomic mass is 32.1. The highest BCUT2D eigenvalue weighted by molar-refractivity contribution is 7.16. The molecule has 2 aromatic heterocycles. The topological polar surface area (TPSA) is 65.7 Å². The van der Waals surface area contributed by atoms with Crippen LogP contribution in [-0.2, 0) is 6.61 Å². The van der Waals surface area contributed by atoms with E-state index < -0.39 is 0 Å². The Bertz CT molecular complexity index is 1040. The van der Waals surface area contributed by atoms with Gasteiger partial charge in [0.25, 0.3) is 0 Å². The molecular formula is C19H15N3O3S. The summed E-state index contributed by atoms with van der Waals surface area (Å²) >= 11 is 1.40. The van der Waals surface area contributed by atoms with Gasteiger partial charge in [-0.2, -0.15) is 9.61 Å². The van der Waals surface area contributed by atoms with Crippen LogP contribution in [-0.4, -0.2) is 28.0 Å². The maximum atomic E-state index is 11.6. The number of carbonyl (C=O) groups is 1. The number of imidazole rings is 1. The number of para-hydroxylation sites is 1. The lowest BCUT2D eigenvalue weighted by Crippen LogP contribution is -1.98. The molecule has 0 aliphatic heterocycles. The second-order valence-corrected chi connectivity index (χ2v) is 6.52. The predicted octanol–water partition coefficient (Wildman–Crippen LogP) is 3.86. The fraction of sp³-hybridized carbons (Fsp3) is 0.105. The first-order valence-electron chi connectivity index (χ1n) is 7.94. The molecule has 0 aliphatic rings. The molecule has 4 rings (SSSR count). The maximum absolute atomic E-state index is 11.6. The monoisotopic (exact) mass is 365 g/mol. The minimum absolute atomic E-state index is 0.328. The predicted molar refractivity (Wildman–Crippen MR) is 99.0 cm³/mol. The van der Waals surface area contributed by atoms with E-state index in [1.807, 2.05) is 54.6 Å². The Morgan fingerprint density at radius 2 is 1.85 bits per heavy atom. The highest BCUT2D eigenvalue weighted by Gasteiger charge is 2.17. The van der Waals surface area contributed by atoms with Crippen LogP contribution >= 0.6 is 11.3 Å². The van der Waals surface area contributed by atoms with Crippen molar-refractivity contribution in [2.45, 2.75) is 6.61 Å². The lowest BCUT2D eigenvalue weighted by molar-refractivity contribution is 0.111. The molecule has 0 bridgehead atoms. The van der Waals surface area contributed by atoms with Crippen molar-refractivity contribution in [3.63, 3.8) is 0 Å². The van der Waals surface area contributed by atoms with Crippen LogP contribution in [0.2, 0.25) is 0 Å². The summed E-state index contributed by atoms with van der Waals surface area (Å²) in [6.45, 7) is 0.328. The number of hydrogen-bond acceptors (Lipinski definition) is 6. The number of hydrogen-bond donors (Lipinski definition) is 0. The minimum atomic E-state index is 0.328. The molecule has 0 fully saturated rings. The van der Waals surface area contributed by atoms with E-state index in [0.717, 1.165) is 28.4 Å². The Hall–Kier alpha value is -3.19. The van der Waals surface area contributed by atoms with Gasteiger partial charge in [0.05, 0.1) is 7.11 Å². The van der Waals surface area contributed by atoms with Crippen LogP contribution < -0.4 is 9.47 Å². The number of ether oxygens (including phenoxy) is 2. The zero-order valence-electron chi connectivity index (χ0n) is 14.0. The van der Waals surface area contributed by atoms with Crippen molar-refractivity contribution in [1.82, 2.24) is 14.6 Å². The van der Waals surface area contributed by atoms with Crippen LogP contribution in [0.4, 0.5) is 0 Å². The summed E-state index contributed by atoms with van der Waals surface area (Å²) in [7, 11) is 1.61. The summed E-state index contributed by atoms with van der Waals surface area (Å²) < 4.78 is 12.4. The van der Waals surface area contributed by atoms with Crippen LogP contribution in [0, 0.1) is 0 Å². The normalized spacial score (nSPS) is 10.8. The molecule has 0 atom stereocenters. The zero-order chi connectivity index (χ0) is 17.9. The van der Waals surface area contributed by atoms with Gasteiger partial charge in [-0.25, -0.2) is 4.98 Å². The molecule has 0 amide bonds. The van der Waals surface area contributed by atoms with E-state index in [-0.39, 0.29) is 0 Å². The second kappa shape index (κ2) is 6.97. The molecule has 7 heteroatoms. The molecule has 0 saturated carbocycles. The van der Waals surface area contributed by atoms with E-state index in [2.05, 4.69) is 10.1 Å². The summed E-state index contributed by atoms with van der Waals surface area (Å²) in [5.41, 5.74) is 1.87. The zero-order valence-corrected chi connectivity index (χ0v) is 14.8. The first kappa shape index (κ1) is 16.3. The van der Waals surface area contributed by atoms with Gasteiger partial charge >= 0.3 is 0 Å². The van der Waals surface area contributed by atoms with Crippen molar-refractivity contribution in [2.75, 3.05) is 7.11 Å². The quantitative estimate of drug-likeness (QED) is 0.486. The number of benzene rings is 2. The van der Waals surface area contributed by atoms with E-state index in [1.165, 1.54) is 11.3 Å². The van der Waals surface area contributed by atoms with Gasteiger partial charge < -0.3 is 9.47 Å². The second-order valence-electron chi connectivity index (χ2n) is 5.48. The number of rotatable bonds is 6. The summed E-state index contributed by atoms with van der Waals surface area (Å²) in [5, 5.41) is 5.22. The van der Waals surface area contributed by atoms with Crippen molar-refractivity contribution in [3.8, 4) is 22.8 Å². The van der Waals surface area contributed by atoms with Crippen molar-refractivity contribution in [3.05, 3.63) is 65.3 Å². The molecule has 0 radical (unpaired) electrons. The van der Waals surface area contributed by atoms with Gasteiger partial charge in [0.15, 0.2) is 11.3 Å². The van der Waals surface area contributed by atoms with Crippen molar-refractivity contribution >= 4 is 22.6 Å². The minimum Gasteiger partial charge on any atom is -0.497 e. The van der Waals surface area contributed by atoms with E-state index in [9.17, 15) is 4.79 Å². The van der Waals surface area contributed by atoms with Gasteiger partial charge in [-0.3, -0.25) is 4.79 Å². The molecule has 0 unspecified atom stereocenters. The Morgan fingerprint density at radius 1 is 1.08 bits per heavy atom. The number of aldehydes is 1. The molecule has 2 aromatic carbocycles. The lowest BCUT2D eigenvalue weighted by atomic mass is 10.1. The third kappa shape index (κ3) is 3.04. The fourth-order valence-corrected chi connectivity index (χ4v) is 3.40. The molecule has 0 spiro atoms. The molecule has 26 heavy (non-hydrogen) atoms. The van der Waals surface area contributed by atoms with E-state index in [1.54, 1.807) is 11.6 Å². The van der Waals surface area contributed by atoms with E-state index in [0.29, 0.717) is 23.0 Å². The van der Waals surface area contributed by atoms with Crippen LogP contribution in [0.1, 0.15) is 15.5 Å². The summed E-state index contributed by atoms with van der Waals surface area (Å²) in [4.78, 5) is 16.9. The van der Waals surface area contributed by atoms with Crippen molar-refractivity contribution < 1.29 is 14.3 Å². The number of fused-ring (bicyclic) bond motifs is 1. The third-order valence-corrected chi connectivity index (χ3v) is 4.74. The average molecular weight is 365 g/mol. The third-order valence-electron chi connectivity index (χ3n) is 3.86. The van der Waals surface area contributed by atoms with Crippen LogP contribution in [0.5, 0.6) is 11.5 Å². The standard InChI is InChI=1S/C19H15N3O3S/c1-24-14-9-7-13(8-10-14)18-16(11-23)22-19(20-18)26-17(21-22)12-25-15-5-3-2-4-6-15/h2-11H,12H2,1H3. The van der Waals surface area contributed by atoms with Crippen LogP contribution in [0.15, 0.2) is 54.6 Å². The Kier molecular flexibility index (Phi) is 4.37. The molecule has 0 aliphatic carbocycles. The Balaban J connectivity index is 1.63. The number of methoxy groups -OCH3 is 1. The maximum Gasteiger partial charge on any atom is 0.213 e. The SMILES string of the molecule is COc1ccc(-c2nc3sc(COc4ccccc4)nn3c2C=O)cc1. The smallest absolute Gasteiger partial charge is 0.213 e. The van der Waals surface area contributed by atoms with Crippen LogP contribution in [0.25, 0.3) is 16.2 Å². The first-order valence-corrected chi connectivity index (χ1v) is 8.76. The highest BCUT2D eigenvalue weighted by Crippen LogP contribution is 2.28. The van der Waals surface area contributed by atoms with Crippen molar-refractivity contribution in [1.29, 1.82) is 0 Å². The molecule has 4 aromatic rings. The van der Waals surface area contributed by atoms with Gasteiger partial charge in [0.2, 0.25) is 4.96 Å². The van der Waals surface area contributed by atoms with Gasteiger partial charge in [0, 0.05) is 5.56 Å². The number of nitrogens with zero attached hydrogens (tertiary/aromatic N) is 3.